The minimum Gasteiger partial charge on any atom is -0.481 e. The Kier molecular flexibility index (Phi) is 3.28. The predicted octanol–water partition coefficient (Wildman–Crippen LogP) is 2.48. The molecule has 0 radical (unpaired) electrons. The summed E-state index contributed by atoms with van der Waals surface area (Å²) in [6.45, 7) is 0. The lowest BCUT2D eigenvalue weighted by molar-refractivity contribution is -0.144. The van der Waals surface area contributed by atoms with Gasteiger partial charge in [0.05, 0.1) is 16.1 Å². The Balaban J connectivity index is 2.25. The smallest absolute Gasteiger partial charge is 0.307 e. The maximum atomic E-state index is 13.2. The first-order valence-corrected chi connectivity index (χ1v) is 5.95. The molecule has 1 aromatic heterocycles. The Bertz CT molecular complexity index is 396. The van der Waals surface area contributed by atoms with E-state index in [0.717, 1.165) is 4.47 Å². The summed E-state index contributed by atoms with van der Waals surface area (Å²) in [5.74, 6) is -1.82. The van der Waals surface area contributed by atoms with E-state index < -0.39 is 18.1 Å². The fraction of sp³-hybridized carbons (Fsp3) is 0.600. The van der Waals surface area contributed by atoms with Crippen molar-refractivity contribution in [3.05, 3.63) is 16.4 Å². The van der Waals surface area contributed by atoms with Crippen LogP contribution in [0.4, 0.5) is 4.39 Å². The van der Waals surface area contributed by atoms with Crippen molar-refractivity contribution in [2.75, 3.05) is 0 Å². The molecule has 0 saturated heterocycles. The first-order chi connectivity index (χ1) is 7.59. The van der Waals surface area contributed by atoms with Gasteiger partial charge in [-0.2, -0.15) is 5.10 Å². The van der Waals surface area contributed by atoms with Gasteiger partial charge in [-0.3, -0.25) is 9.89 Å². The number of carbonyl (C=O) groups is 1. The molecule has 1 aliphatic carbocycles. The van der Waals surface area contributed by atoms with Crippen LogP contribution in [-0.2, 0) is 4.79 Å². The predicted molar refractivity (Wildman–Crippen MR) is 58.9 cm³/mol. The highest BCUT2D eigenvalue weighted by Crippen LogP contribution is 2.40. The minimum atomic E-state index is -1.00. The Morgan fingerprint density at radius 1 is 1.62 bits per heavy atom. The molecule has 1 heterocycles. The number of aromatic nitrogens is 2. The summed E-state index contributed by atoms with van der Waals surface area (Å²) in [5.41, 5.74) is 0.694. The second-order valence-electron chi connectivity index (χ2n) is 4.08. The molecular formula is C10H12BrFN2O2. The van der Waals surface area contributed by atoms with E-state index in [-0.39, 0.29) is 12.3 Å². The average Bonchev–Trinajstić information content (AvgIpc) is 2.64. The second-order valence-corrected chi connectivity index (χ2v) is 4.93. The molecule has 1 saturated carbocycles. The number of aliphatic carboxylic acids is 1. The van der Waals surface area contributed by atoms with Crippen LogP contribution in [-0.4, -0.2) is 27.4 Å². The summed E-state index contributed by atoms with van der Waals surface area (Å²) >= 11 is 3.31. The maximum absolute atomic E-state index is 13.2. The molecule has 16 heavy (non-hydrogen) atoms. The van der Waals surface area contributed by atoms with Crippen molar-refractivity contribution >= 4 is 21.9 Å². The molecule has 1 fully saturated rings. The Morgan fingerprint density at radius 3 is 2.94 bits per heavy atom. The monoisotopic (exact) mass is 290 g/mol. The van der Waals surface area contributed by atoms with Crippen molar-refractivity contribution in [2.24, 2.45) is 5.92 Å². The summed E-state index contributed by atoms with van der Waals surface area (Å²) < 4.78 is 14.0. The normalized spacial score (nSPS) is 30.2. The molecule has 2 rings (SSSR count). The Hall–Kier alpha value is -0.910. The van der Waals surface area contributed by atoms with Crippen LogP contribution in [0.2, 0.25) is 0 Å². The first-order valence-electron chi connectivity index (χ1n) is 5.15. The molecule has 3 unspecified atom stereocenters. The third-order valence-corrected chi connectivity index (χ3v) is 3.71. The van der Waals surface area contributed by atoms with Gasteiger partial charge in [0.15, 0.2) is 0 Å². The van der Waals surface area contributed by atoms with Crippen LogP contribution >= 0.6 is 15.9 Å². The molecule has 0 bridgehead atoms. The van der Waals surface area contributed by atoms with Gasteiger partial charge in [-0.1, -0.05) is 0 Å². The van der Waals surface area contributed by atoms with E-state index in [9.17, 15) is 9.18 Å². The van der Waals surface area contributed by atoms with E-state index in [1.165, 1.54) is 0 Å². The van der Waals surface area contributed by atoms with Crippen LogP contribution in [0.25, 0.3) is 0 Å². The summed E-state index contributed by atoms with van der Waals surface area (Å²) in [6, 6.07) is 0. The van der Waals surface area contributed by atoms with Crippen molar-refractivity contribution in [3.63, 3.8) is 0 Å². The largest absolute Gasteiger partial charge is 0.481 e. The molecule has 0 spiro atoms. The van der Waals surface area contributed by atoms with Crippen molar-refractivity contribution in [2.45, 2.75) is 31.4 Å². The highest BCUT2D eigenvalue weighted by atomic mass is 79.9. The summed E-state index contributed by atoms with van der Waals surface area (Å²) in [7, 11) is 0. The van der Waals surface area contributed by atoms with Gasteiger partial charge in [-0.25, -0.2) is 4.39 Å². The number of carboxylic acids is 1. The number of rotatable bonds is 2. The lowest BCUT2D eigenvalue weighted by atomic mass is 9.77. The standard InChI is InChI=1S/C10H12BrFN2O2/c11-8-4-13-14-9(8)6-2-1-5(12)3-7(6)10(15)16/h4-7H,1-3H2,(H,13,14)(H,15,16). The van der Waals surface area contributed by atoms with Gasteiger partial charge in [-0.05, 0) is 35.2 Å². The summed E-state index contributed by atoms with van der Waals surface area (Å²) in [5, 5.41) is 15.8. The van der Waals surface area contributed by atoms with Crippen molar-refractivity contribution in [3.8, 4) is 0 Å². The number of nitrogens with zero attached hydrogens (tertiary/aromatic N) is 1. The van der Waals surface area contributed by atoms with E-state index >= 15 is 0 Å². The maximum Gasteiger partial charge on any atom is 0.307 e. The van der Waals surface area contributed by atoms with Crippen LogP contribution in [0.5, 0.6) is 0 Å². The lowest BCUT2D eigenvalue weighted by Gasteiger charge is -2.29. The number of hydrogen-bond donors (Lipinski definition) is 2. The number of aromatic amines is 1. The number of carboxylic acid groups (broad SMARTS) is 1. The molecule has 3 atom stereocenters. The second kappa shape index (κ2) is 4.53. The first kappa shape index (κ1) is 11.6. The number of hydrogen-bond acceptors (Lipinski definition) is 2. The molecule has 4 nitrogen and oxygen atoms in total. The van der Waals surface area contributed by atoms with Gasteiger partial charge in [0.2, 0.25) is 0 Å². The fourth-order valence-corrected chi connectivity index (χ4v) is 2.75. The fourth-order valence-electron chi connectivity index (χ4n) is 2.27. The van der Waals surface area contributed by atoms with Crippen molar-refractivity contribution in [1.82, 2.24) is 10.2 Å². The molecule has 0 aliphatic heterocycles. The highest BCUT2D eigenvalue weighted by molar-refractivity contribution is 9.10. The van der Waals surface area contributed by atoms with E-state index in [1.54, 1.807) is 6.20 Å². The highest BCUT2D eigenvalue weighted by Gasteiger charge is 2.38. The lowest BCUT2D eigenvalue weighted by Crippen LogP contribution is -2.30. The van der Waals surface area contributed by atoms with Crippen LogP contribution in [0.1, 0.15) is 30.9 Å². The molecule has 6 heteroatoms. The topological polar surface area (TPSA) is 66.0 Å². The molecular weight excluding hydrogens is 279 g/mol. The van der Waals surface area contributed by atoms with E-state index in [2.05, 4.69) is 26.1 Å². The zero-order valence-corrected chi connectivity index (χ0v) is 10.1. The Labute approximate surface area is 100 Å². The average molecular weight is 291 g/mol. The quantitative estimate of drug-likeness (QED) is 0.879. The SMILES string of the molecule is O=C(O)C1CC(F)CCC1c1n[nH]cc1Br. The third-order valence-electron chi connectivity index (χ3n) is 3.08. The van der Waals surface area contributed by atoms with Gasteiger partial charge in [-0.15, -0.1) is 0 Å². The zero-order chi connectivity index (χ0) is 11.7. The molecule has 88 valence electrons. The van der Waals surface area contributed by atoms with E-state index in [0.29, 0.717) is 18.5 Å². The molecule has 1 aromatic rings. The number of alkyl halides is 1. The summed E-state index contributed by atoms with van der Waals surface area (Å²) in [4.78, 5) is 11.1. The van der Waals surface area contributed by atoms with Gasteiger partial charge < -0.3 is 5.11 Å². The molecule has 0 aromatic carbocycles. The van der Waals surface area contributed by atoms with Crippen LogP contribution in [0, 0.1) is 5.92 Å². The minimum absolute atomic E-state index is 0.0826. The van der Waals surface area contributed by atoms with Gasteiger partial charge in [0.25, 0.3) is 0 Å². The molecule has 2 N–H and O–H groups in total. The van der Waals surface area contributed by atoms with Crippen LogP contribution in [0.3, 0.4) is 0 Å². The van der Waals surface area contributed by atoms with Gasteiger partial charge in [0, 0.05) is 12.1 Å². The van der Waals surface area contributed by atoms with Crippen molar-refractivity contribution < 1.29 is 14.3 Å². The van der Waals surface area contributed by atoms with E-state index in [4.69, 9.17) is 5.11 Å². The molecule has 0 amide bonds. The van der Waals surface area contributed by atoms with E-state index in [1.807, 2.05) is 0 Å². The molecule has 1 aliphatic rings. The number of halogens is 2. The zero-order valence-electron chi connectivity index (χ0n) is 8.49. The van der Waals surface area contributed by atoms with Crippen LogP contribution < -0.4 is 0 Å². The van der Waals surface area contributed by atoms with Crippen molar-refractivity contribution in [1.29, 1.82) is 0 Å². The van der Waals surface area contributed by atoms with Crippen LogP contribution in [0.15, 0.2) is 10.7 Å². The third kappa shape index (κ3) is 2.11. The number of nitrogens with one attached hydrogen (secondary N) is 1. The number of H-pyrrole nitrogens is 1. The Morgan fingerprint density at radius 2 is 2.38 bits per heavy atom. The van der Waals surface area contributed by atoms with Gasteiger partial charge >= 0.3 is 5.97 Å². The summed E-state index contributed by atoms with van der Waals surface area (Å²) in [6.07, 6.45) is 1.68. The van der Waals surface area contributed by atoms with Gasteiger partial charge in [0.1, 0.15) is 6.17 Å².